The molecule has 0 aromatic rings. The van der Waals surface area contributed by atoms with Crippen molar-refractivity contribution < 1.29 is 43.9 Å². The van der Waals surface area contributed by atoms with Gasteiger partial charge in [-0.25, -0.2) is 0 Å². The summed E-state index contributed by atoms with van der Waals surface area (Å²) >= 11 is 0. The molecule has 0 unspecified atom stereocenters. The number of allylic oxidation sites excluding steroid dienone is 1. The predicted octanol–water partition coefficient (Wildman–Crippen LogP) is 2.85. The van der Waals surface area contributed by atoms with Crippen molar-refractivity contribution in [2.24, 2.45) is 17.8 Å². The summed E-state index contributed by atoms with van der Waals surface area (Å²) in [6.45, 7) is 14.0. The quantitative estimate of drug-likeness (QED) is 0.400. The number of methoxy groups -OCH3 is 1. The lowest BCUT2D eigenvalue weighted by atomic mass is 9.76. The van der Waals surface area contributed by atoms with Gasteiger partial charge in [0.15, 0.2) is 12.1 Å². The lowest BCUT2D eigenvalue weighted by Gasteiger charge is -2.47. The van der Waals surface area contributed by atoms with Crippen LogP contribution in [0.2, 0.25) is 0 Å². The van der Waals surface area contributed by atoms with Crippen molar-refractivity contribution in [3.63, 3.8) is 0 Å². The fraction of sp³-hybridized carbons (Fsp3) is 0.871. The van der Waals surface area contributed by atoms with Gasteiger partial charge in [0.25, 0.3) is 0 Å². The number of carbonyl (C=O) groups excluding carboxylic acids is 2. The molecule has 0 aromatic heterocycles. The zero-order chi connectivity index (χ0) is 31.4. The van der Waals surface area contributed by atoms with E-state index >= 15 is 0 Å². The molecule has 3 N–H and O–H groups in total. The molecule has 0 saturated carbocycles. The first kappa shape index (κ1) is 35.8. The molecule has 0 aromatic carbocycles. The summed E-state index contributed by atoms with van der Waals surface area (Å²) in [5, 5.41) is 34.0. The Hall–Kier alpha value is -1.40. The van der Waals surface area contributed by atoms with E-state index < -0.39 is 65.6 Å². The van der Waals surface area contributed by atoms with Crippen molar-refractivity contribution in [1.82, 2.24) is 4.90 Å². The van der Waals surface area contributed by atoms with Crippen LogP contribution < -0.4 is 0 Å². The number of aliphatic hydroxyl groups excluding tert-OH is 2. The molecule has 0 spiro atoms. The van der Waals surface area contributed by atoms with Gasteiger partial charge in [-0.2, -0.15) is 0 Å². The number of rotatable bonds is 6. The van der Waals surface area contributed by atoms with Crippen molar-refractivity contribution in [2.75, 3.05) is 21.2 Å². The molecule has 10 heteroatoms. The van der Waals surface area contributed by atoms with Gasteiger partial charge in [0.1, 0.15) is 17.8 Å². The topological polar surface area (TPSA) is 135 Å². The molecule has 41 heavy (non-hydrogen) atoms. The minimum absolute atomic E-state index is 0.162. The number of likely N-dealkylation sites (N-methyl/N-ethyl adjacent to an activating group) is 1. The lowest BCUT2D eigenvalue weighted by molar-refractivity contribution is -0.301. The maximum atomic E-state index is 13.7. The SMILES string of the molecule is CCC1=C[C@](C)(O)[C@@H](CC)OC(=O)[C@H](C)[C@@H](O)[C@H](C)[C@@H](O[C@@H]2O[C@H](C)C[C@H](N(C)C)[C@H]2O)[C@@](C)(OC)C[C@@H](C)C1=O. The van der Waals surface area contributed by atoms with E-state index in [9.17, 15) is 24.9 Å². The third-order valence-electron chi connectivity index (χ3n) is 9.13. The Balaban J connectivity index is 2.64. The van der Waals surface area contributed by atoms with E-state index in [1.165, 1.54) is 20.1 Å². The maximum absolute atomic E-state index is 13.7. The number of ketones is 1. The standard InChI is InChI=1S/C31H55NO9/c1-12-21-16-30(7,37)23(13-2)40-28(36)20(6)25(34)19(5)27(31(8,38-11)15-17(3)24(21)33)41-29-26(35)22(32(9)10)14-18(4)39-29/h16-20,22-23,25-27,29,34-35,37H,12-15H2,1-11H3/t17-,18-,19+,20-,22+,23-,25+,26-,27-,29+,30+,31+/m1/s1. The van der Waals surface area contributed by atoms with Gasteiger partial charge >= 0.3 is 5.97 Å². The smallest absolute Gasteiger partial charge is 0.311 e. The fourth-order valence-corrected chi connectivity index (χ4v) is 6.39. The second-order valence-electron chi connectivity index (χ2n) is 12.8. The summed E-state index contributed by atoms with van der Waals surface area (Å²) < 4.78 is 24.4. The second kappa shape index (κ2) is 14.4. The first-order chi connectivity index (χ1) is 18.9. The zero-order valence-corrected chi connectivity index (χ0v) is 26.9. The summed E-state index contributed by atoms with van der Waals surface area (Å²) in [7, 11) is 5.29. The molecule has 2 aliphatic rings. The zero-order valence-electron chi connectivity index (χ0n) is 26.9. The third kappa shape index (κ3) is 8.16. The number of esters is 1. The van der Waals surface area contributed by atoms with Crippen molar-refractivity contribution in [3.8, 4) is 0 Å². The summed E-state index contributed by atoms with van der Waals surface area (Å²) in [4.78, 5) is 28.9. The Morgan fingerprint density at radius 2 is 1.68 bits per heavy atom. The third-order valence-corrected chi connectivity index (χ3v) is 9.13. The number of hydrogen-bond donors (Lipinski definition) is 3. The molecule has 0 aliphatic carbocycles. The largest absolute Gasteiger partial charge is 0.459 e. The van der Waals surface area contributed by atoms with Gasteiger partial charge in [0.2, 0.25) is 0 Å². The monoisotopic (exact) mass is 585 g/mol. The summed E-state index contributed by atoms with van der Waals surface area (Å²) in [5.74, 6) is -3.05. The van der Waals surface area contributed by atoms with E-state index in [-0.39, 0.29) is 24.3 Å². The fourth-order valence-electron chi connectivity index (χ4n) is 6.39. The molecule has 2 aliphatic heterocycles. The Bertz CT molecular complexity index is 921. The van der Waals surface area contributed by atoms with Gasteiger partial charge in [0, 0.05) is 25.0 Å². The average Bonchev–Trinajstić information content (AvgIpc) is 2.91. The van der Waals surface area contributed by atoms with Crippen LogP contribution in [0.3, 0.4) is 0 Å². The highest BCUT2D eigenvalue weighted by Gasteiger charge is 2.49. The van der Waals surface area contributed by atoms with Crippen LogP contribution in [0.5, 0.6) is 0 Å². The van der Waals surface area contributed by atoms with Crippen LogP contribution in [0.25, 0.3) is 0 Å². The molecule has 0 amide bonds. The van der Waals surface area contributed by atoms with E-state index in [1.807, 2.05) is 32.8 Å². The number of carbonyl (C=O) groups is 2. The van der Waals surface area contributed by atoms with E-state index in [0.717, 1.165) is 0 Å². The Labute approximate surface area is 246 Å². The van der Waals surface area contributed by atoms with Crippen LogP contribution in [0.1, 0.15) is 81.1 Å². The molecular formula is C31H55NO9. The molecule has 2 heterocycles. The second-order valence-corrected chi connectivity index (χ2v) is 12.8. The molecule has 0 radical (unpaired) electrons. The summed E-state index contributed by atoms with van der Waals surface area (Å²) in [6.07, 6.45) is -2.24. The number of ether oxygens (including phenoxy) is 4. The van der Waals surface area contributed by atoms with Gasteiger partial charge in [-0.05, 0) is 79.1 Å². The summed E-state index contributed by atoms with van der Waals surface area (Å²) in [6, 6.07) is -0.221. The lowest BCUT2D eigenvalue weighted by Crippen LogP contribution is -2.59. The van der Waals surface area contributed by atoms with Gasteiger partial charge in [-0.3, -0.25) is 9.59 Å². The number of hydrogen-bond acceptors (Lipinski definition) is 10. The van der Waals surface area contributed by atoms with Gasteiger partial charge < -0.3 is 39.2 Å². The molecule has 238 valence electrons. The molecule has 1 saturated heterocycles. The van der Waals surface area contributed by atoms with Crippen LogP contribution in [0.15, 0.2) is 11.6 Å². The highest BCUT2D eigenvalue weighted by atomic mass is 16.7. The minimum Gasteiger partial charge on any atom is -0.459 e. The summed E-state index contributed by atoms with van der Waals surface area (Å²) in [5.41, 5.74) is -2.29. The molecule has 1 fully saturated rings. The van der Waals surface area contributed by atoms with E-state index in [2.05, 4.69) is 0 Å². The van der Waals surface area contributed by atoms with Crippen LogP contribution in [0.4, 0.5) is 0 Å². The molecular weight excluding hydrogens is 530 g/mol. The Morgan fingerprint density at radius 1 is 1.07 bits per heavy atom. The molecule has 10 nitrogen and oxygen atoms in total. The van der Waals surface area contributed by atoms with Crippen molar-refractivity contribution in [1.29, 1.82) is 0 Å². The number of nitrogens with zero attached hydrogens (tertiary/aromatic N) is 1. The van der Waals surface area contributed by atoms with E-state index in [4.69, 9.17) is 18.9 Å². The van der Waals surface area contributed by atoms with Crippen LogP contribution in [-0.4, -0.2) is 107 Å². The molecule has 2 rings (SSSR count). The maximum Gasteiger partial charge on any atom is 0.311 e. The number of cyclic esters (lactones) is 1. The van der Waals surface area contributed by atoms with Crippen molar-refractivity contribution >= 4 is 11.8 Å². The highest BCUT2D eigenvalue weighted by molar-refractivity contribution is 5.97. The van der Waals surface area contributed by atoms with Gasteiger partial charge in [-0.1, -0.05) is 27.7 Å². The van der Waals surface area contributed by atoms with E-state index in [0.29, 0.717) is 24.8 Å². The molecule has 12 atom stereocenters. The highest BCUT2D eigenvalue weighted by Crippen LogP contribution is 2.38. The predicted molar refractivity (Wildman–Crippen MR) is 155 cm³/mol. The van der Waals surface area contributed by atoms with Crippen LogP contribution >= 0.6 is 0 Å². The van der Waals surface area contributed by atoms with Crippen LogP contribution in [-0.2, 0) is 28.5 Å². The Morgan fingerprint density at radius 3 is 2.20 bits per heavy atom. The van der Waals surface area contributed by atoms with Crippen molar-refractivity contribution in [2.45, 2.75) is 135 Å². The minimum atomic E-state index is -1.59. The van der Waals surface area contributed by atoms with Gasteiger partial charge in [0.05, 0.1) is 29.8 Å². The first-order valence-electron chi connectivity index (χ1n) is 15.0. The van der Waals surface area contributed by atoms with Crippen molar-refractivity contribution in [3.05, 3.63) is 11.6 Å². The average molecular weight is 586 g/mol. The van der Waals surface area contributed by atoms with E-state index in [1.54, 1.807) is 34.6 Å². The first-order valence-corrected chi connectivity index (χ1v) is 15.0. The Kier molecular flexibility index (Phi) is 12.6. The molecule has 0 bridgehead atoms. The van der Waals surface area contributed by atoms with Crippen LogP contribution in [0, 0.1) is 17.8 Å². The number of aliphatic hydroxyl groups is 3. The van der Waals surface area contributed by atoms with Gasteiger partial charge in [-0.15, -0.1) is 0 Å². The normalized spacial score (nSPS) is 43.8. The number of Topliss-reactive ketones (excluding diaryl/α,β-unsaturated/α-hetero) is 1.